The Hall–Kier alpha value is -2.12. The number of hydrogen-bond acceptors (Lipinski definition) is 3. The van der Waals surface area contributed by atoms with Crippen LogP contribution in [0.4, 0.5) is 23.5 Å². The van der Waals surface area contributed by atoms with E-state index in [0.717, 1.165) is 0 Å². The maximum atomic E-state index is 13.8. The lowest BCUT2D eigenvalue weighted by molar-refractivity contribution is -0.144. The Bertz CT molecular complexity index is 630. The Balaban J connectivity index is 2.60. The number of alkyl halides is 3. The number of nitrogen functional groups attached to an aromatic ring is 1. The molecule has 0 saturated heterocycles. The zero-order valence-electron chi connectivity index (χ0n) is 10.1. The zero-order valence-corrected chi connectivity index (χ0v) is 10.1. The van der Waals surface area contributed by atoms with Crippen LogP contribution in [0.15, 0.2) is 12.1 Å². The highest BCUT2D eigenvalue weighted by atomic mass is 19.4. The number of anilines is 1. The number of nitrogens with two attached hydrogens (primary N) is 1. The van der Waals surface area contributed by atoms with Crippen LogP contribution in [0.3, 0.4) is 0 Å². The molecule has 0 bridgehead atoms. The van der Waals surface area contributed by atoms with Gasteiger partial charge in [-0.3, -0.25) is 0 Å². The maximum Gasteiger partial charge on any atom is 0.453 e. The van der Waals surface area contributed by atoms with Crippen LogP contribution in [-0.2, 0) is 6.18 Å². The van der Waals surface area contributed by atoms with E-state index >= 15 is 0 Å². The van der Waals surface area contributed by atoms with Crippen LogP contribution in [0.1, 0.15) is 17.0 Å². The summed E-state index contributed by atoms with van der Waals surface area (Å²) in [5.41, 5.74) is 6.57. The topological polar surface area (TPSA) is 56.7 Å². The number of aryl methyl sites for hydroxylation is 2. The van der Waals surface area contributed by atoms with Crippen LogP contribution in [-0.4, -0.2) is 14.8 Å². The van der Waals surface area contributed by atoms with E-state index < -0.39 is 23.8 Å². The zero-order chi connectivity index (χ0) is 14.4. The molecule has 0 radical (unpaired) electrons. The fourth-order valence-electron chi connectivity index (χ4n) is 1.55. The van der Waals surface area contributed by atoms with Crippen molar-refractivity contribution in [3.63, 3.8) is 0 Å². The van der Waals surface area contributed by atoms with E-state index in [-0.39, 0.29) is 5.69 Å². The number of aromatic nitrogens is 3. The summed E-state index contributed by atoms with van der Waals surface area (Å²) in [6.45, 7) is 3.39. The van der Waals surface area contributed by atoms with E-state index in [2.05, 4.69) is 10.1 Å². The van der Waals surface area contributed by atoms with Crippen LogP contribution in [0.5, 0.6) is 0 Å². The number of halogens is 4. The predicted octanol–water partition coefficient (Wildman–Crippen LogP) is 2.62. The van der Waals surface area contributed by atoms with Crippen LogP contribution in [0.25, 0.3) is 5.69 Å². The molecule has 4 nitrogen and oxygen atoms in total. The quantitative estimate of drug-likeness (QED) is 0.813. The largest absolute Gasteiger partial charge is 0.453 e. The fraction of sp³-hybridized carbons (Fsp3) is 0.273. The average molecular weight is 274 g/mol. The second-order valence-corrected chi connectivity index (χ2v) is 4.09. The monoisotopic (exact) mass is 274 g/mol. The molecule has 1 aromatic carbocycles. The van der Waals surface area contributed by atoms with Crippen LogP contribution in [0, 0.1) is 19.7 Å². The van der Waals surface area contributed by atoms with Gasteiger partial charge in [-0.15, -0.1) is 5.10 Å². The van der Waals surface area contributed by atoms with Gasteiger partial charge in [0.2, 0.25) is 5.95 Å². The van der Waals surface area contributed by atoms with E-state index in [9.17, 15) is 17.6 Å². The van der Waals surface area contributed by atoms with Crippen molar-refractivity contribution >= 4 is 5.95 Å². The predicted molar refractivity (Wildman–Crippen MR) is 60.2 cm³/mol. The summed E-state index contributed by atoms with van der Waals surface area (Å²) < 4.78 is 51.8. The molecule has 0 unspecified atom stereocenters. The van der Waals surface area contributed by atoms with Crippen molar-refractivity contribution in [2.75, 3.05) is 5.73 Å². The maximum absolute atomic E-state index is 13.8. The Morgan fingerprint density at radius 2 is 1.74 bits per heavy atom. The van der Waals surface area contributed by atoms with Crippen molar-refractivity contribution in [1.29, 1.82) is 0 Å². The minimum Gasteiger partial charge on any atom is -0.368 e. The Kier molecular flexibility index (Phi) is 2.95. The van der Waals surface area contributed by atoms with Crippen molar-refractivity contribution in [2.24, 2.45) is 0 Å². The molecule has 0 fully saturated rings. The van der Waals surface area contributed by atoms with Crippen LogP contribution in [0.2, 0.25) is 0 Å². The Morgan fingerprint density at radius 1 is 1.16 bits per heavy atom. The van der Waals surface area contributed by atoms with Gasteiger partial charge in [0.15, 0.2) is 0 Å². The van der Waals surface area contributed by atoms with Crippen molar-refractivity contribution in [1.82, 2.24) is 14.8 Å². The standard InChI is InChI=1S/C11H10F4N4/c1-5-3-7(12)8(4-6(5)2)19-10(16)17-9(18-19)11(13,14)15/h3-4H,1-2H3,(H2,16,17,18). The van der Waals surface area contributed by atoms with Crippen molar-refractivity contribution in [2.45, 2.75) is 20.0 Å². The van der Waals surface area contributed by atoms with E-state index in [0.29, 0.717) is 15.8 Å². The molecule has 8 heteroatoms. The highest BCUT2D eigenvalue weighted by molar-refractivity contribution is 5.44. The molecule has 1 aromatic heterocycles. The SMILES string of the molecule is Cc1cc(F)c(-n2nc(C(F)(F)F)nc2N)cc1C. The van der Waals surface area contributed by atoms with Gasteiger partial charge in [-0.05, 0) is 37.1 Å². The van der Waals surface area contributed by atoms with E-state index in [4.69, 9.17) is 5.73 Å². The van der Waals surface area contributed by atoms with Gasteiger partial charge in [-0.25, -0.2) is 4.39 Å². The first-order chi connectivity index (χ1) is 8.70. The van der Waals surface area contributed by atoms with Crippen molar-refractivity contribution in [3.8, 4) is 5.69 Å². The molecule has 0 amide bonds. The molecule has 0 saturated carbocycles. The molecule has 0 spiro atoms. The first-order valence-corrected chi connectivity index (χ1v) is 5.27. The third kappa shape index (κ3) is 2.38. The minimum atomic E-state index is -4.73. The fourth-order valence-corrected chi connectivity index (χ4v) is 1.55. The summed E-state index contributed by atoms with van der Waals surface area (Å²) in [4.78, 5) is 3.09. The van der Waals surface area contributed by atoms with Gasteiger partial charge in [0.25, 0.3) is 5.82 Å². The summed E-state index contributed by atoms with van der Waals surface area (Å²) in [6.07, 6.45) is -4.73. The third-order valence-corrected chi connectivity index (χ3v) is 2.68. The van der Waals surface area contributed by atoms with Crippen molar-refractivity contribution in [3.05, 3.63) is 34.9 Å². The molecule has 102 valence electrons. The molecule has 1 heterocycles. The summed E-state index contributed by atoms with van der Waals surface area (Å²) in [7, 11) is 0. The smallest absolute Gasteiger partial charge is 0.368 e. The third-order valence-electron chi connectivity index (χ3n) is 2.68. The van der Waals surface area contributed by atoms with Crippen molar-refractivity contribution < 1.29 is 17.6 Å². The lowest BCUT2D eigenvalue weighted by Gasteiger charge is -2.07. The van der Waals surface area contributed by atoms with Gasteiger partial charge in [-0.2, -0.15) is 22.8 Å². The normalized spacial score (nSPS) is 11.9. The molecule has 0 aliphatic carbocycles. The van der Waals surface area contributed by atoms with Gasteiger partial charge in [0.1, 0.15) is 11.5 Å². The van der Waals surface area contributed by atoms with Gasteiger partial charge >= 0.3 is 6.18 Å². The number of benzene rings is 1. The molecule has 2 rings (SSSR count). The molecular weight excluding hydrogens is 264 g/mol. The number of hydrogen-bond donors (Lipinski definition) is 1. The number of rotatable bonds is 1. The second kappa shape index (κ2) is 4.22. The van der Waals surface area contributed by atoms with E-state index in [1.807, 2.05) is 0 Å². The van der Waals surface area contributed by atoms with E-state index in [1.165, 1.54) is 12.1 Å². The van der Waals surface area contributed by atoms with Gasteiger partial charge < -0.3 is 5.73 Å². The van der Waals surface area contributed by atoms with E-state index in [1.54, 1.807) is 13.8 Å². The molecule has 0 aliphatic rings. The summed E-state index contributed by atoms with van der Waals surface area (Å²) in [5, 5.41) is 3.20. The highest BCUT2D eigenvalue weighted by Crippen LogP contribution is 2.28. The highest BCUT2D eigenvalue weighted by Gasteiger charge is 2.37. The van der Waals surface area contributed by atoms with Gasteiger partial charge in [-0.1, -0.05) is 0 Å². The molecule has 2 aromatic rings. The molecule has 0 aliphatic heterocycles. The summed E-state index contributed by atoms with van der Waals surface area (Å²) >= 11 is 0. The Morgan fingerprint density at radius 3 is 2.26 bits per heavy atom. The van der Waals surface area contributed by atoms with Gasteiger partial charge in [0, 0.05) is 0 Å². The molecular formula is C11H10F4N4. The van der Waals surface area contributed by atoms with Gasteiger partial charge in [0.05, 0.1) is 0 Å². The Labute approximate surface area is 105 Å². The van der Waals surface area contributed by atoms with Crippen LogP contribution < -0.4 is 5.73 Å². The average Bonchev–Trinajstić information content (AvgIpc) is 2.65. The lowest BCUT2D eigenvalue weighted by atomic mass is 10.1. The lowest BCUT2D eigenvalue weighted by Crippen LogP contribution is -2.09. The first-order valence-electron chi connectivity index (χ1n) is 5.27. The second-order valence-electron chi connectivity index (χ2n) is 4.09. The molecule has 2 N–H and O–H groups in total. The summed E-state index contributed by atoms with van der Waals surface area (Å²) in [6, 6.07) is 2.58. The van der Waals surface area contributed by atoms with Crippen LogP contribution >= 0.6 is 0 Å². The minimum absolute atomic E-state index is 0.163. The molecule has 19 heavy (non-hydrogen) atoms. The first kappa shape index (κ1) is 13.3. The summed E-state index contributed by atoms with van der Waals surface area (Å²) in [5.74, 6) is -2.63. The number of nitrogens with zero attached hydrogens (tertiary/aromatic N) is 3. The molecule has 0 atom stereocenters.